The molecule has 1 saturated carbocycles. The minimum atomic E-state index is 0.962. The Balaban J connectivity index is 2.36. The molecule has 0 aliphatic heterocycles. The van der Waals surface area contributed by atoms with Crippen LogP contribution in [-0.2, 0) is 0 Å². The number of hydrogen-bond donors (Lipinski definition) is 0. The Morgan fingerprint density at radius 2 is 2.00 bits per heavy atom. The third kappa shape index (κ3) is 3.12. The lowest BCUT2D eigenvalue weighted by atomic mass is 9.96. The predicted molar refractivity (Wildman–Crippen MR) is 54.0 cm³/mol. The van der Waals surface area contributed by atoms with Crippen molar-refractivity contribution in [2.24, 2.45) is 0 Å². The Hall–Kier alpha value is -0.720. The van der Waals surface area contributed by atoms with Crippen molar-refractivity contribution < 1.29 is 0 Å². The molecule has 0 aromatic heterocycles. The van der Waals surface area contributed by atoms with Gasteiger partial charge >= 0.3 is 0 Å². The fourth-order valence-electron chi connectivity index (χ4n) is 1.70. The summed E-state index contributed by atoms with van der Waals surface area (Å²) in [6, 6.07) is 0. The fraction of sp³-hybridized carbons (Fsp3) is 0.636. The van der Waals surface area contributed by atoms with Gasteiger partial charge in [-0.1, -0.05) is 18.1 Å². The maximum absolute atomic E-state index is 3.72. The van der Waals surface area contributed by atoms with Crippen LogP contribution in [0.2, 0.25) is 0 Å². The monoisotopic (exact) mass is 165 g/mol. The van der Waals surface area contributed by atoms with Crippen molar-refractivity contribution in [1.82, 2.24) is 4.90 Å². The van der Waals surface area contributed by atoms with Crippen molar-refractivity contribution in [2.75, 3.05) is 13.6 Å². The van der Waals surface area contributed by atoms with Gasteiger partial charge in [-0.05, 0) is 31.9 Å². The number of allylic oxidation sites excluding steroid dienone is 1. The van der Waals surface area contributed by atoms with Crippen LogP contribution >= 0.6 is 0 Å². The zero-order valence-corrected chi connectivity index (χ0v) is 8.05. The summed E-state index contributed by atoms with van der Waals surface area (Å²) in [5, 5.41) is 0. The zero-order valence-electron chi connectivity index (χ0n) is 8.05. The van der Waals surface area contributed by atoms with Crippen LogP contribution in [0.3, 0.4) is 0 Å². The minimum absolute atomic E-state index is 0.962. The summed E-state index contributed by atoms with van der Waals surface area (Å²) < 4.78 is 0. The summed E-state index contributed by atoms with van der Waals surface area (Å²) in [6.45, 7) is 4.68. The first-order valence-corrected chi connectivity index (χ1v) is 4.83. The molecule has 0 unspecified atom stereocenters. The molecular formula is C11H19N. The van der Waals surface area contributed by atoms with E-state index in [1.807, 2.05) is 6.08 Å². The van der Waals surface area contributed by atoms with Crippen LogP contribution in [0.4, 0.5) is 0 Å². The molecule has 0 amide bonds. The van der Waals surface area contributed by atoms with E-state index in [2.05, 4.69) is 24.7 Å². The Morgan fingerprint density at radius 1 is 1.33 bits per heavy atom. The quantitative estimate of drug-likeness (QED) is 0.581. The molecule has 12 heavy (non-hydrogen) atoms. The van der Waals surface area contributed by atoms with Crippen LogP contribution in [0.15, 0.2) is 24.4 Å². The molecule has 68 valence electrons. The third-order valence-electron chi connectivity index (χ3n) is 2.32. The largest absolute Gasteiger partial charge is 0.377 e. The van der Waals surface area contributed by atoms with Crippen molar-refractivity contribution in [3.05, 3.63) is 24.4 Å². The van der Waals surface area contributed by atoms with Crippen molar-refractivity contribution in [3.63, 3.8) is 0 Å². The topological polar surface area (TPSA) is 3.24 Å². The normalized spacial score (nSPS) is 17.2. The highest BCUT2D eigenvalue weighted by Gasteiger charge is 2.04. The molecule has 1 fully saturated rings. The number of likely N-dealkylation sites (N-methyl/N-ethyl adjacent to an activating group) is 1. The van der Waals surface area contributed by atoms with Crippen LogP contribution < -0.4 is 0 Å². The van der Waals surface area contributed by atoms with Gasteiger partial charge in [-0.25, -0.2) is 0 Å². The first-order valence-electron chi connectivity index (χ1n) is 4.83. The van der Waals surface area contributed by atoms with E-state index in [0.717, 1.165) is 6.54 Å². The second kappa shape index (κ2) is 5.02. The number of rotatable bonds is 3. The van der Waals surface area contributed by atoms with E-state index in [1.54, 1.807) is 5.57 Å². The Kier molecular flexibility index (Phi) is 3.92. The van der Waals surface area contributed by atoms with Gasteiger partial charge in [0.15, 0.2) is 0 Å². The van der Waals surface area contributed by atoms with Gasteiger partial charge in [0.2, 0.25) is 0 Å². The molecule has 1 nitrogen and oxygen atoms in total. The third-order valence-corrected chi connectivity index (χ3v) is 2.32. The molecule has 0 saturated heterocycles. The van der Waals surface area contributed by atoms with Gasteiger partial charge in [0, 0.05) is 13.6 Å². The lowest BCUT2D eigenvalue weighted by molar-refractivity contribution is 0.488. The molecule has 0 atom stereocenters. The number of nitrogens with zero attached hydrogens (tertiary/aromatic N) is 1. The van der Waals surface area contributed by atoms with Crippen molar-refractivity contribution in [2.45, 2.75) is 32.1 Å². The zero-order chi connectivity index (χ0) is 8.81. The van der Waals surface area contributed by atoms with Gasteiger partial charge < -0.3 is 4.90 Å². The van der Waals surface area contributed by atoms with E-state index in [-0.39, 0.29) is 0 Å². The Morgan fingerprint density at radius 3 is 2.58 bits per heavy atom. The van der Waals surface area contributed by atoms with Crippen LogP contribution in [0.25, 0.3) is 0 Å². The van der Waals surface area contributed by atoms with Crippen molar-refractivity contribution in [3.8, 4) is 0 Å². The van der Waals surface area contributed by atoms with Gasteiger partial charge in [-0.3, -0.25) is 0 Å². The minimum Gasteiger partial charge on any atom is -0.377 e. The lowest BCUT2D eigenvalue weighted by Gasteiger charge is -2.18. The van der Waals surface area contributed by atoms with E-state index in [4.69, 9.17) is 0 Å². The summed E-state index contributed by atoms with van der Waals surface area (Å²) >= 11 is 0. The molecular weight excluding hydrogens is 146 g/mol. The first kappa shape index (κ1) is 9.37. The molecule has 0 heterocycles. The lowest BCUT2D eigenvalue weighted by Crippen LogP contribution is -2.11. The number of hydrogen-bond acceptors (Lipinski definition) is 1. The van der Waals surface area contributed by atoms with Crippen molar-refractivity contribution in [1.29, 1.82) is 0 Å². The van der Waals surface area contributed by atoms with E-state index in [9.17, 15) is 0 Å². The smallest absolute Gasteiger partial charge is 0.0348 e. The summed E-state index contributed by atoms with van der Waals surface area (Å²) in [7, 11) is 2.11. The van der Waals surface area contributed by atoms with Crippen LogP contribution in [-0.4, -0.2) is 18.5 Å². The van der Waals surface area contributed by atoms with Gasteiger partial charge in [0.05, 0.1) is 0 Å². The SMILES string of the molecule is C=CCN(C)C=C1CCCCC1. The van der Waals surface area contributed by atoms with Crippen LogP contribution in [0, 0.1) is 0 Å². The van der Waals surface area contributed by atoms with Crippen molar-refractivity contribution >= 4 is 0 Å². The van der Waals surface area contributed by atoms with Crippen LogP contribution in [0.5, 0.6) is 0 Å². The molecule has 0 N–H and O–H groups in total. The molecule has 0 aromatic rings. The molecule has 1 aliphatic rings. The van der Waals surface area contributed by atoms with E-state index < -0.39 is 0 Å². The first-order chi connectivity index (χ1) is 5.83. The molecule has 0 spiro atoms. The summed E-state index contributed by atoms with van der Waals surface area (Å²) in [5.74, 6) is 0. The van der Waals surface area contributed by atoms with Gasteiger partial charge in [0.25, 0.3) is 0 Å². The maximum Gasteiger partial charge on any atom is 0.0348 e. The predicted octanol–water partition coefficient (Wildman–Crippen LogP) is 2.95. The molecule has 0 radical (unpaired) electrons. The second-order valence-corrected chi connectivity index (χ2v) is 3.58. The van der Waals surface area contributed by atoms with Crippen LogP contribution in [0.1, 0.15) is 32.1 Å². The standard InChI is InChI=1S/C11H19N/c1-3-9-12(2)10-11-7-5-4-6-8-11/h3,10H,1,4-9H2,2H3. The summed E-state index contributed by atoms with van der Waals surface area (Å²) in [6.07, 6.45) is 11.0. The molecule has 0 bridgehead atoms. The summed E-state index contributed by atoms with van der Waals surface area (Å²) in [4.78, 5) is 2.22. The highest BCUT2D eigenvalue weighted by Crippen LogP contribution is 2.22. The highest BCUT2D eigenvalue weighted by atomic mass is 15.1. The molecule has 1 heteroatoms. The molecule has 1 rings (SSSR count). The Labute approximate surface area is 75.8 Å². The van der Waals surface area contributed by atoms with E-state index >= 15 is 0 Å². The highest BCUT2D eigenvalue weighted by molar-refractivity contribution is 5.03. The molecule has 0 aromatic carbocycles. The second-order valence-electron chi connectivity index (χ2n) is 3.58. The summed E-state index contributed by atoms with van der Waals surface area (Å²) in [5.41, 5.74) is 1.62. The fourth-order valence-corrected chi connectivity index (χ4v) is 1.70. The van der Waals surface area contributed by atoms with E-state index in [0.29, 0.717) is 0 Å². The molecule has 1 aliphatic carbocycles. The van der Waals surface area contributed by atoms with Gasteiger partial charge in [-0.2, -0.15) is 0 Å². The average molecular weight is 165 g/mol. The van der Waals surface area contributed by atoms with Gasteiger partial charge in [-0.15, -0.1) is 6.58 Å². The van der Waals surface area contributed by atoms with Gasteiger partial charge in [0.1, 0.15) is 0 Å². The van der Waals surface area contributed by atoms with E-state index in [1.165, 1.54) is 32.1 Å². The Bertz CT molecular complexity index is 162. The maximum atomic E-state index is 3.72. The average Bonchev–Trinajstić information content (AvgIpc) is 2.06.